The maximum Gasteiger partial charge on any atom is 0.296 e. The van der Waals surface area contributed by atoms with Gasteiger partial charge in [-0.3, -0.25) is 13.7 Å². The van der Waals surface area contributed by atoms with Gasteiger partial charge in [0.1, 0.15) is 44.0 Å². The Bertz CT molecular complexity index is 3020. The molecule has 0 aliphatic carbocycles. The Kier molecular flexibility index (Phi) is 13.3. The Morgan fingerprint density at radius 1 is 0.700 bits per heavy atom. The van der Waals surface area contributed by atoms with E-state index in [1.807, 2.05) is 0 Å². The number of anilines is 1. The smallest absolute Gasteiger partial charge is 0.296 e. The fraction of sp³-hybridized carbons (Fsp3) is 0.312. The second-order valence-corrected chi connectivity index (χ2v) is 23.1. The number of azo groups is 2. The average molecular weight is 940 g/mol. The number of fused-ring (bicyclic) bond motifs is 1. The molecule has 4 aromatic carbocycles. The monoisotopic (exact) mass is 939 g/mol. The summed E-state index contributed by atoms with van der Waals surface area (Å²) in [6.07, 6.45) is 0. The van der Waals surface area contributed by atoms with Crippen LogP contribution in [0.4, 0.5) is 28.4 Å². The molecule has 0 bridgehead atoms. The lowest BCUT2D eigenvalue weighted by Crippen LogP contribution is -2.52. The van der Waals surface area contributed by atoms with Crippen LogP contribution in [0.5, 0.6) is 11.5 Å². The molecule has 4 rings (SSSR count). The van der Waals surface area contributed by atoms with Crippen molar-refractivity contribution in [2.24, 2.45) is 20.5 Å². The zero-order chi connectivity index (χ0) is 45.6. The molecule has 0 aromatic heterocycles. The third kappa shape index (κ3) is 9.42. The van der Waals surface area contributed by atoms with E-state index in [2.05, 4.69) is 20.5 Å². The molecule has 0 aliphatic heterocycles. The molecular formula is C32H39N6O17S5+. The third-order valence-electron chi connectivity index (χ3n) is 8.84. The van der Waals surface area contributed by atoms with Gasteiger partial charge < -0.3 is 30.3 Å². The number of phenols is 1. The van der Waals surface area contributed by atoms with Crippen LogP contribution in [0, 0.1) is 6.92 Å². The summed E-state index contributed by atoms with van der Waals surface area (Å²) < 4.78 is 159. The van der Waals surface area contributed by atoms with Gasteiger partial charge in [0.05, 0.1) is 63.5 Å². The molecule has 0 heterocycles. The van der Waals surface area contributed by atoms with Crippen LogP contribution in [0.25, 0.3) is 10.8 Å². The molecule has 0 aliphatic rings. The topological polar surface area (TPSA) is 377 Å². The lowest BCUT2D eigenvalue weighted by atomic mass is 10.1. The first kappa shape index (κ1) is 47.9. The average Bonchev–Trinajstić information content (AvgIpc) is 3.12. The number of sulfone groups is 2. The van der Waals surface area contributed by atoms with E-state index in [9.17, 15) is 71.1 Å². The van der Waals surface area contributed by atoms with Gasteiger partial charge in [-0.05, 0) is 55.0 Å². The van der Waals surface area contributed by atoms with Gasteiger partial charge in [-0.1, -0.05) is 0 Å². The zero-order valence-corrected chi connectivity index (χ0v) is 36.1. The summed E-state index contributed by atoms with van der Waals surface area (Å²) in [6, 6.07) is 7.37. The van der Waals surface area contributed by atoms with Gasteiger partial charge in [-0.2, -0.15) is 25.3 Å². The molecule has 0 fully saturated rings. The SMILES string of the molecule is COc1cc(S(=O)(=O)C(CO)(CO)S(=O)(=O)O)c(C)cc1N=Nc1c(S(=O)(=O)O)cc2c(N=Nc3ccc(S(=O)(=O)CC[N+](C)(C)C)cc3S(=O)(=O)O)c(N)ccc2c1O. The number of hydrogen-bond donors (Lipinski definition) is 7. The molecule has 0 saturated heterocycles. The molecular weight excluding hydrogens is 901 g/mol. The fourth-order valence-electron chi connectivity index (χ4n) is 5.43. The van der Waals surface area contributed by atoms with Crippen molar-refractivity contribution in [3.05, 3.63) is 54.1 Å². The van der Waals surface area contributed by atoms with Crippen molar-refractivity contribution in [1.29, 1.82) is 0 Å². The molecule has 8 N–H and O–H groups in total. The van der Waals surface area contributed by atoms with Crippen molar-refractivity contribution in [2.75, 3.05) is 59.5 Å². The summed E-state index contributed by atoms with van der Waals surface area (Å²) >= 11 is 0. The van der Waals surface area contributed by atoms with Crippen molar-refractivity contribution >= 4 is 89.2 Å². The molecule has 328 valence electrons. The number of quaternary nitrogens is 1. The first-order chi connectivity index (χ1) is 27.4. The minimum Gasteiger partial charge on any atom is -0.505 e. The van der Waals surface area contributed by atoms with Crippen molar-refractivity contribution in [1.82, 2.24) is 0 Å². The first-order valence-electron chi connectivity index (χ1n) is 16.5. The third-order valence-corrected chi connectivity index (χ3v) is 17.0. The van der Waals surface area contributed by atoms with Crippen LogP contribution in [0.1, 0.15) is 5.56 Å². The van der Waals surface area contributed by atoms with Crippen LogP contribution in [0.15, 0.2) is 88.6 Å². The number of aryl methyl sites for hydroxylation is 1. The molecule has 60 heavy (non-hydrogen) atoms. The summed E-state index contributed by atoms with van der Waals surface area (Å²) in [6.45, 7) is -2.24. The van der Waals surface area contributed by atoms with Crippen molar-refractivity contribution < 1.29 is 80.3 Å². The first-order valence-corrected chi connectivity index (χ1v) is 24.0. The highest BCUT2D eigenvalue weighted by Crippen LogP contribution is 2.47. The van der Waals surface area contributed by atoms with E-state index in [1.165, 1.54) is 6.07 Å². The van der Waals surface area contributed by atoms with Crippen LogP contribution in [0.2, 0.25) is 0 Å². The molecule has 0 spiro atoms. The predicted molar refractivity (Wildman–Crippen MR) is 213 cm³/mol. The van der Waals surface area contributed by atoms with E-state index in [4.69, 9.17) is 10.5 Å². The minimum absolute atomic E-state index is 0.154. The van der Waals surface area contributed by atoms with Crippen LogP contribution in [0.3, 0.4) is 0 Å². The number of aliphatic hydroxyl groups excluding tert-OH is 2. The second kappa shape index (κ2) is 16.6. The Morgan fingerprint density at radius 2 is 1.27 bits per heavy atom. The van der Waals surface area contributed by atoms with E-state index in [-0.39, 0.29) is 44.5 Å². The molecule has 0 amide bonds. The van der Waals surface area contributed by atoms with Crippen molar-refractivity contribution in [3.8, 4) is 11.5 Å². The van der Waals surface area contributed by atoms with Crippen LogP contribution < -0.4 is 10.5 Å². The maximum absolute atomic E-state index is 13.4. The van der Waals surface area contributed by atoms with Gasteiger partial charge in [0, 0.05) is 16.8 Å². The van der Waals surface area contributed by atoms with Gasteiger partial charge in [-0.25, -0.2) is 16.8 Å². The number of rotatable bonds is 16. The van der Waals surface area contributed by atoms with Gasteiger partial charge in [0.2, 0.25) is 13.9 Å². The summed E-state index contributed by atoms with van der Waals surface area (Å²) in [5.74, 6) is -1.83. The number of aliphatic hydroxyl groups is 2. The molecule has 23 nitrogen and oxygen atoms in total. The number of methoxy groups -OCH3 is 1. The van der Waals surface area contributed by atoms with E-state index < -0.39 is 115 Å². The summed E-state index contributed by atoms with van der Waals surface area (Å²) in [5, 5.41) is 45.5. The lowest BCUT2D eigenvalue weighted by Gasteiger charge is -2.27. The number of ether oxygens (including phenoxy) is 1. The highest BCUT2D eigenvalue weighted by molar-refractivity contribution is 8.08. The molecule has 0 unspecified atom stereocenters. The van der Waals surface area contributed by atoms with Gasteiger partial charge in [0.15, 0.2) is 15.6 Å². The van der Waals surface area contributed by atoms with Crippen LogP contribution >= 0.6 is 0 Å². The number of nitrogens with zero attached hydrogens (tertiary/aromatic N) is 5. The highest BCUT2D eigenvalue weighted by atomic mass is 32.3. The highest BCUT2D eigenvalue weighted by Gasteiger charge is 2.55. The van der Waals surface area contributed by atoms with Gasteiger partial charge in [-0.15, -0.1) is 20.5 Å². The van der Waals surface area contributed by atoms with E-state index in [0.29, 0.717) is 12.1 Å². The number of phenolic OH excluding ortho intramolecular Hbond substituents is 1. The summed E-state index contributed by atoms with van der Waals surface area (Å²) in [4.78, 5) is -3.38. The number of benzene rings is 4. The molecule has 4 aromatic rings. The number of hydrogen-bond acceptors (Lipinski definition) is 19. The van der Waals surface area contributed by atoms with Crippen molar-refractivity contribution in [3.63, 3.8) is 0 Å². The van der Waals surface area contributed by atoms with Gasteiger partial charge in [0.25, 0.3) is 30.4 Å². The fourth-order valence-corrected chi connectivity index (χ4v) is 11.6. The Balaban J connectivity index is 1.90. The quantitative estimate of drug-likeness (QED) is 0.0367. The normalized spacial score (nSPS) is 13.8. The minimum atomic E-state index is -5.66. The predicted octanol–water partition coefficient (Wildman–Crippen LogP) is 2.59. The lowest BCUT2D eigenvalue weighted by molar-refractivity contribution is -0.867. The summed E-state index contributed by atoms with van der Waals surface area (Å²) in [5.41, 5.74) is 3.25. The molecule has 0 saturated carbocycles. The molecule has 28 heteroatoms. The standard InChI is InChI=1S/C32H38N6O17S5/c1-18-12-24(25(55-5)15-26(18)57(44,45)32(16-39,17-40)60(52,53)54)35-37-30-28(59(49,50)51)14-21-20(31(30)41)7-8-22(33)29(21)36-34-23-9-6-19(13-27(23)58(46,47)48)56(42,43)11-10-38(2,3)4/h6-9,12-15,39-40H,10-11,16-17H2,1-5H3,(H5-,33,34,35,41,46,47,48,49,50,51,52,53,54)/p+1. The van der Waals surface area contributed by atoms with Crippen molar-refractivity contribution in [2.45, 2.75) is 30.6 Å². The second-order valence-electron chi connectivity index (χ2n) is 14.0. The van der Waals surface area contributed by atoms with Crippen LogP contribution in [-0.4, -0.2) is 133 Å². The zero-order valence-electron chi connectivity index (χ0n) is 32.0. The Labute approximate surface area is 344 Å². The van der Waals surface area contributed by atoms with E-state index >= 15 is 0 Å². The van der Waals surface area contributed by atoms with Crippen LogP contribution in [-0.2, 0) is 50.0 Å². The van der Waals surface area contributed by atoms with E-state index in [0.717, 1.165) is 44.4 Å². The molecule has 0 atom stereocenters. The Morgan fingerprint density at radius 3 is 1.78 bits per heavy atom. The molecule has 0 radical (unpaired) electrons. The number of nitrogen functional groups attached to an aromatic ring is 1. The van der Waals surface area contributed by atoms with Gasteiger partial charge >= 0.3 is 0 Å². The number of nitrogens with two attached hydrogens (primary N) is 1. The summed E-state index contributed by atoms with van der Waals surface area (Å²) in [7, 11) is -19.3. The maximum atomic E-state index is 13.4. The largest absolute Gasteiger partial charge is 0.505 e. The Hall–Kier alpha value is -4.75. The van der Waals surface area contributed by atoms with E-state index in [1.54, 1.807) is 21.1 Å². The number of aromatic hydroxyl groups is 1.